The quantitative estimate of drug-likeness (QED) is 0.858. The van der Waals surface area contributed by atoms with Gasteiger partial charge in [-0.25, -0.2) is 17.5 Å². The van der Waals surface area contributed by atoms with Gasteiger partial charge in [0.2, 0.25) is 10.0 Å². The number of nitrogens with one attached hydrogen (secondary N) is 1. The van der Waals surface area contributed by atoms with E-state index in [4.69, 9.17) is 9.84 Å². The molecule has 0 bridgehead atoms. The highest BCUT2D eigenvalue weighted by Crippen LogP contribution is 2.19. The fourth-order valence-electron chi connectivity index (χ4n) is 2.03. The van der Waals surface area contributed by atoms with Crippen molar-refractivity contribution < 1.29 is 22.7 Å². The van der Waals surface area contributed by atoms with Crippen molar-refractivity contribution in [3.8, 4) is 0 Å². The van der Waals surface area contributed by atoms with Gasteiger partial charge in [-0.15, -0.1) is 0 Å². The van der Waals surface area contributed by atoms with E-state index in [1.165, 1.54) is 6.07 Å². The van der Waals surface area contributed by atoms with Crippen LogP contribution in [0.5, 0.6) is 0 Å². The standard InChI is InChI=1S/C12H16FNO4S/c13-10-4-3-9(7-15)12(6-10)19(16,17)14-11-2-1-5-18-8-11/h3-4,6,11,14-15H,1-2,5,7-8H2. The van der Waals surface area contributed by atoms with Crippen molar-refractivity contribution >= 4 is 10.0 Å². The Kier molecular flexibility index (Phi) is 4.51. The molecule has 1 aromatic rings. The molecule has 1 aliphatic heterocycles. The molecule has 0 saturated carbocycles. The summed E-state index contributed by atoms with van der Waals surface area (Å²) < 4.78 is 45.2. The van der Waals surface area contributed by atoms with Gasteiger partial charge in [0.05, 0.1) is 18.1 Å². The molecule has 0 spiro atoms. The van der Waals surface area contributed by atoms with Crippen molar-refractivity contribution in [1.82, 2.24) is 4.72 Å². The summed E-state index contributed by atoms with van der Waals surface area (Å²) >= 11 is 0. The number of sulfonamides is 1. The normalized spacial score (nSPS) is 20.4. The van der Waals surface area contributed by atoms with Crippen LogP contribution in [0.25, 0.3) is 0 Å². The van der Waals surface area contributed by atoms with Crippen LogP contribution in [-0.4, -0.2) is 32.8 Å². The largest absolute Gasteiger partial charge is 0.392 e. The van der Waals surface area contributed by atoms with Crippen molar-refractivity contribution in [2.24, 2.45) is 0 Å². The van der Waals surface area contributed by atoms with Crippen molar-refractivity contribution in [2.75, 3.05) is 13.2 Å². The average molecular weight is 289 g/mol. The molecule has 0 radical (unpaired) electrons. The van der Waals surface area contributed by atoms with Gasteiger partial charge in [0, 0.05) is 12.6 Å². The third kappa shape index (κ3) is 3.50. The van der Waals surface area contributed by atoms with Crippen LogP contribution in [0.3, 0.4) is 0 Å². The highest BCUT2D eigenvalue weighted by Gasteiger charge is 2.24. The molecule has 1 aliphatic rings. The number of aliphatic hydroxyl groups is 1. The summed E-state index contributed by atoms with van der Waals surface area (Å²) in [5, 5.41) is 9.14. The number of hydrogen-bond donors (Lipinski definition) is 2. The SMILES string of the molecule is O=S(=O)(NC1CCCOC1)c1cc(F)ccc1CO. The van der Waals surface area contributed by atoms with Crippen LogP contribution in [0, 0.1) is 5.82 Å². The summed E-state index contributed by atoms with van der Waals surface area (Å²) in [6.07, 6.45) is 1.46. The van der Waals surface area contributed by atoms with Gasteiger partial charge in [-0.1, -0.05) is 6.07 Å². The van der Waals surface area contributed by atoms with Crippen molar-refractivity contribution in [3.05, 3.63) is 29.6 Å². The third-order valence-electron chi connectivity index (χ3n) is 2.97. The predicted octanol–water partition coefficient (Wildman–Crippen LogP) is 0.775. The average Bonchev–Trinajstić information content (AvgIpc) is 2.39. The monoisotopic (exact) mass is 289 g/mol. The van der Waals surface area contributed by atoms with Crippen LogP contribution in [0.15, 0.2) is 23.1 Å². The molecule has 1 fully saturated rings. The Morgan fingerprint density at radius 3 is 2.89 bits per heavy atom. The highest BCUT2D eigenvalue weighted by atomic mass is 32.2. The Bertz CT molecular complexity index is 541. The van der Waals surface area contributed by atoms with E-state index >= 15 is 0 Å². The second kappa shape index (κ2) is 5.96. The molecule has 1 aromatic carbocycles. The predicted molar refractivity (Wildman–Crippen MR) is 66.5 cm³/mol. The lowest BCUT2D eigenvalue weighted by atomic mass is 10.1. The Labute approximate surface area is 111 Å². The Morgan fingerprint density at radius 2 is 2.26 bits per heavy atom. The first-order valence-corrected chi connectivity index (χ1v) is 7.50. The topological polar surface area (TPSA) is 75.6 Å². The summed E-state index contributed by atoms with van der Waals surface area (Å²) in [4.78, 5) is -0.222. The summed E-state index contributed by atoms with van der Waals surface area (Å²) in [5.74, 6) is -0.655. The summed E-state index contributed by atoms with van der Waals surface area (Å²) in [5.41, 5.74) is 0.172. The number of hydrogen-bond acceptors (Lipinski definition) is 4. The molecule has 1 heterocycles. The molecule has 7 heteroatoms. The van der Waals surface area contributed by atoms with Crippen LogP contribution in [0.1, 0.15) is 18.4 Å². The van der Waals surface area contributed by atoms with E-state index in [0.29, 0.717) is 19.6 Å². The van der Waals surface area contributed by atoms with Crippen molar-refractivity contribution in [3.63, 3.8) is 0 Å². The van der Waals surface area contributed by atoms with Crippen LogP contribution in [0.4, 0.5) is 4.39 Å². The van der Waals surface area contributed by atoms with Gasteiger partial charge in [0.25, 0.3) is 0 Å². The molecule has 19 heavy (non-hydrogen) atoms. The lowest BCUT2D eigenvalue weighted by Crippen LogP contribution is -2.40. The number of benzene rings is 1. The lowest BCUT2D eigenvalue weighted by molar-refractivity contribution is 0.0774. The zero-order chi connectivity index (χ0) is 13.9. The minimum absolute atomic E-state index is 0.172. The maximum absolute atomic E-state index is 13.2. The minimum Gasteiger partial charge on any atom is -0.392 e. The van der Waals surface area contributed by atoms with Gasteiger partial charge in [-0.05, 0) is 30.5 Å². The number of halogens is 1. The first kappa shape index (κ1) is 14.4. The van der Waals surface area contributed by atoms with Crippen LogP contribution < -0.4 is 4.72 Å². The number of aliphatic hydroxyl groups excluding tert-OH is 1. The molecule has 0 aromatic heterocycles. The summed E-state index contributed by atoms with van der Waals surface area (Å²) in [7, 11) is -3.86. The van der Waals surface area contributed by atoms with Gasteiger partial charge in [0.15, 0.2) is 0 Å². The summed E-state index contributed by atoms with van der Waals surface area (Å²) in [6.45, 7) is 0.473. The van der Waals surface area contributed by atoms with Crippen molar-refractivity contribution in [2.45, 2.75) is 30.4 Å². The Morgan fingerprint density at radius 1 is 1.47 bits per heavy atom. The second-order valence-electron chi connectivity index (χ2n) is 4.45. The van der Waals surface area contributed by atoms with E-state index in [2.05, 4.69) is 4.72 Å². The highest BCUT2D eigenvalue weighted by molar-refractivity contribution is 7.89. The molecule has 0 amide bonds. The maximum atomic E-state index is 13.2. The lowest BCUT2D eigenvalue weighted by Gasteiger charge is -2.23. The van der Waals surface area contributed by atoms with Gasteiger partial charge >= 0.3 is 0 Å². The van der Waals surface area contributed by atoms with E-state index in [1.807, 2.05) is 0 Å². The van der Waals surface area contributed by atoms with Gasteiger partial charge in [-0.2, -0.15) is 0 Å². The minimum atomic E-state index is -3.86. The molecule has 1 saturated heterocycles. The van der Waals surface area contributed by atoms with E-state index < -0.39 is 22.4 Å². The smallest absolute Gasteiger partial charge is 0.241 e. The molecule has 2 N–H and O–H groups in total. The Hall–Kier alpha value is -1.02. The first-order valence-electron chi connectivity index (χ1n) is 6.02. The maximum Gasteiger partial charge on any atom is 0.241 e. The summed E-state index contributed by atoms with van der Waals surface area (Å²) in [6, 6.07) is 2.99. The fourth-order valence-corrected chi connectivity index (χ4v) is 3.52. The number of ether oxygens (including phenoxy) is 1. The van der Waals surface area contributed by atoms with Gasteiger partial charge < -0.3 is 9.84 Å². The molecular formula is C12H16FNO4S. The first-order chi connectivity index (χ1) is 9.03. The second-order valence-corrected chi connectivity index (χ2v) is 6.13. The van der Waals surface area contributed by atoms with E-state index in [9.17, 15) is 12.8 Å². The van der Waals surface area contributed by atoms with Crippen LogP contribution in [0.2, 0.25) is 0 Å². The van der Waals surface area contributed by atoms with E-state index in [-0.39, 0.29) is 16.5 Å². The third-order valence-corrected chi connectivity index (χ3v) is 4.57. The van der Waals surface area contributed by atoms with E-state index in [0.717, 1.165) is 18.6 Å². The molecular weight excluding hydrogens is 273 g/mol. The molecule has 2 rings (SSSR count). The van der Waals surface area contributed by atoms with Crippen molar-refractivity contribution in [1.29, 1.82) is 0 Å². The van der Waals surface area contributed by atoms with E-state index in [1.54, 1.807) is 0 Å². The van der Waals surface area contributed by atoms with Crippen LogP contribution >= 0.6 is 0 Å². The fraction of sp³-hybridized carbons (Fsp3) is 0.500. The zero-order valence-corrected chi connectivity index (χ0v) is 11.1. The molecule has 1 unspecified atom stereocenters. The molecule has 106 valence electrons. The van der Waals surface area contributed by atoms with Gasteiger partial charge in [0.1, 0.15) is 5.82 Å². The zero-order valence-electron chi connectivity index (χ0n) is 10.3. The molecule has 0 aliphatic carbocycles. The molecule has 1 atom stereocenters. The molecule has 5 nitrogen and oxygen atoms in total. The van der Waals surface area contributed by atoms with Crippen LogP contribution in [-0.2, 0) is 21.4 Å². The Balaban J connectivity index is 2.25. The van der Waals surface area contributed by atoms with Gasteiger partial charge in [-0.3, -0.25) is 0 Å². The number of rotatable bonds is 4.